The minimum Gasteiger partial charge on any atom is -0.595 e. The quantitative estimate of drug-likeness (QED) is 0.611. The van der Waals surface area contributed by atoms with Gasteiger partial charge in [-0.3, -0.25) is 0 Å². The molecule has 1 aliphatic heterocycles. The van der Waals surface area contributed by atoms with Gasteiger partial charge in [-0.1, -0.05) is 30.0 Å². The molecule has 1 unspecified atom stereocenters. The van der Waals surface area contributed by atoms with Gasteiger partial charge in [-0.05, 0) is 18.2 Å². The summed E-state index contributed by atoms with van der Waals surface area (Å²) in [5, 5.41) is 28.2. The summed E-state index contributed by atoms with van der Waals surface area (Å²) in [6, 6.07) is 14.4. The summed E-state index contributed by atoms with van der Waals surface area (Å²) in [6.07, 6.45) is 0. The number of ether oxygens (including phenoxy) is 1. The van der Waals surface area contributed by atoms with E-state index in [1.807, 2.05) is 28.9 Å². The Bertz CT molecular complexity index is 897. The van der Waals surface area contributed by atoms with Crippen LogP contribution in [-0.2, 0) is 0 Å². The SMILES string of the molecule is COc1ccccc1[C@H]1Nn2c(nnc2-c2ccc([NH+]([O-])O)cc2)S1. The monoisotopic (exact) mass is 357 g/mol. The van der Waals surface area contributed by atoms with Crippen molar-refractivity contribution in [2.24, 2.45) is 0 Å². The second kappa shape index (κ2) is 6.37. The van der Waals surface area contributed by atoms with Gasteiger partial charge in [-0.2, -0.15) is 5.23 Å². The van der Waals surface area contributed by atoms with Crippen LogP contribution in [0.4, 0.5) is 5.69 Å². The summed E-state index contributed by atoms with van der Waals surface area (Å²) in [4.78, 5) is 0. The molecule has 3 N–H and O–H groups in total. The van der Waals surface area contributed by atoms with E-state index in [1.54, 1.807) is 43.1 Å². The second-order valence-electron chi connectivity index (χ2n) is 5.39. The number of benzene rings is 2. The summed E-state index contributed by atoms with van der Waals surface area (Å²) >= 11 is 1.55. The Morgan fingerprint density at radius 2 is 1.96 bits per heavy atom. The maximum Gasteiger partial charge on any atom is 0.212 e. The van der Waals surface area contributed by atoms with Crippen LogP contribution in [0.25, 0.3) is 11.4 Å². The number of quaternary nitrogens is 1. The van der Waals surface area contributed by atoms with Crippen LogP contribution in [0, 0.1) is 5.21 Å². The van der Waals surface area contributed by atoms with Crippen LogP contribution in [0.3, 0.4) is 0 Å². The Morgan fingerprint density at radius 3 is 2.68 bits per heavy atom. The number of hydrogen-bond acceptors (Lipinski definition) is 7. The molecule has 1 aliphatic rings. The van der Waals surface area contributed by atoms with Crippen molar-refractivity contribution in [3.8, 4) is 17.1 Å². The first kappa shape index (κ1) is 15.9. The van der Waals surface area contributed by atoms with Gasteiger partial charge in [0, 0.05) is 23.3 Å². The van der Waals surface area contributed by atoms with Gasteiger partial charge in [-0.25, -0.2) is 9.88 Å². The molecule has 2 heterocycles. The van der Waals surface area contributed by atoms with E-state index in [0.29, 0.717) is 5.82 Å². The molecule has 0 fully saturated rings. The van der Waals surface area contributed by atoms with Crippen LogP contribution >= 0.6 is 11.8 Å². The molecule has 0 saturated carbocycles. The lowest BCUT2D eigenvalue weighted by atomic mass is 10.2. The zero-order valence-electron chi connectivity index (χ0n) is 13.2. The largest absolute Gasteiger partial charge is 0.595 e. The van der Waals surface area contributed by atoms with Crippen molar-refractivity contribution < 1.29 is 15.2 Å². The van der Waals surface area contributed by atoms with Crippen molar-refractivity contribution in [1.82, 2.24) is 14.9 Å². The average molecular weight is 357 g/mol. The van der Waals surface area contributed by atoms with Crippen molar-refractivity contribution in [3.63, 3.8) is 0 Å². The van der Waals surface area contributed by atoms with Gasteiger partial charge in [0.15, 0.2) is 11.5 Å². The summed E-state index contributed by atoms with van der Waals surface area (Å²) in [5.74, 6) is 1.44. The third-order valence-electron chi connectivity index (χ3n) is 3.91. The van der Waals surface area contributed by atoms with Gasteiger partial charge in [-0.15, -0.1) is 10.2 Å². The Kier molecular flexibility index (Phi) is 4.06. The molecule has 0 aliphatic carbocycles. The van der Waals surface area contributed by atoms with E-state index in [4.69, 9.17) is 9.94 Å². The number of nitrogens with one attached hydrogen (secondary N) is 2. The Morgan fingerprint density at radius 1 is 1.20 bits per heavy atom. The molecule has 128 valence electrons. The van der Waals surface area contributed by atoms with Crippen molar-refractivity contribution >= 4 is 17.4 Å². The molecule has 0 spiro atoms. The van der Waals surface area contributed by atoms with Crippen molar-refractivity contribution in [3.05, 3.63) is 59.3 Å². The number of rotatable bonds is 4. The van der Waals surface area contributed by atoms with E-state index in [2.05, 4.69) is 15.6 Å². The predicted octanol–water partition coefficient (Wildman–Crippen LogP) is 1.71. The van der Waals surface area contributed by atoms with Crippen LogP contribution in [-0.4, -0.2) is 27.2 Å². The molecule has 8 nitrogen and oxygen atoms in total. The van der Waals surface area contributed by atoms with Crippen molar-refractivity contribution in [2.75, 3.05) is 12.5 Å². The molecule has 25 heavy (non-hydrogen) atoms. The van der Waals surface area contributed by atoms with Crippen LogP contribution < -0.4 is 15.4 Å². The van der Waals surface area contributed by atoms with Gasteiger partial charge in [0.05, 0.1) is 7.11 Å². The first-order chi connectivity index (χ1) is 12.2. The number of thioether (sulfide) groups is 1. The number of methoxy groups -OCH3 is 1. The number of hydrogen-bond donors (Lipinski definition) is 3. The fourth-order valence-corrected chi connectivity index (χ4v) is 3.70. The smallest absolute Gasteiger partial charge is 0.212 e. The highest BCUT2D eigenvalue weighted by Gasteiger charge is 2.29. The molecule has 0 radical (unpaired) electrons. The fraction of sp³-hybridized carbons (Fsp3) is 0.125. The maximum atomic E-state index is 11.0. The van der Waals surface area contributed by atoms with Gasteiger partial charge in [0.1, 0.15) is 11.1 Å². The number of para-hydroxylation sites is 1. The van der Waals surface area contributed by atoms with Crippen LogP contribution in [0.5, 0.6) is 5.75 Å². The van der Waals surface area contributed by atoms with Crippen LogP contribution in [0.15, 0.2) is 53.7 Å². The minimum absolute atomic E-state index is 0.0429. The first-order valence-electron chi connectivity index (χ1n) is 7.52. The lowest BCUT2D eigenvalue weighted by Crippen LogP contribution is -2.99. The molecule has 9 heteroatoms. The van der Waals surface area contributed by atoms with Gasteiger partial charge >= 0.3 is 0 Å². The lowest BCUT2D eigenvalue weighted by Gasteiger charge is -2.15. The zero-order chi connectivity index (χ0) is 17.4. The van der Waals surface area contributed by atoms with Gasteiger partial charge < -0.3 is 15.4 Å². The topological polar surface area (TPSA) is 99.7 Å². The Hall–Kier alpha value is -2.59. The minimum atomic E-state index is -0.956. The molecule has 0 amide bonds. The van der Waals surface area contributed by atoms with E-state index in [1.165, 1.54) is 0 Å². The van der Waals surface area contributed by atoms with Crippen LogP contribution in [0.2, 0.25) is 0 Å². The molecule has 0 saturated heterocycles. The molecule has 2 atom stereocenters. The molecule has 3 aromatic rings. The highest BCUT2D eigenvalue weighted by atomic mass is 32.2. The van der Waals surface area contributed by atoms with Gasteiger partial charge in [0.2, 0.25) is 5.16 Å². The Labute approximate surface area is 147 Å². The first-order valence-corrected chi connectivity index (χ1v) is 8.40. The third kappa shape index (κ3) is 2.83. The lowest BCUT2D eigenvalue weighted by molar-refractivity contribution is -0.991. The highest BCUT2D eigenvalue weighted by Crippen LogP contribution is 2.42. The average Bonchev–Trinajstić information content (AvgIpc) is 3.22. The van der Waals surface area contributed by atoms with E-state index < -0.39 is 5.23 Å². The predicted molar refractivity (Wildman–Crippen MR) is 92.2 cm³/mol. The van der Waals surface area contributed by atoms with E-state index in [9.17, 15) is 5.21 Å². The summed E-state index contributed by atoms with van der Waals surface area (Å²) in [5.41, 5.74) is 5.41. The standard InChI is InChI=1S/C16H15N5O3S/c1-24-13-5-3-2-4-12(13)15-19-20-14(17-18-16(20)25-15)10-6-8-11(9-7-10)21(22)23/h2-9,15,19,21-22H,1H3/t15-/m0/s1. The van der Waals surface area contributed by atoms with E-state index in [-0.39, 0.29) is 11.1 Å². The van der Waals surface area contributed by atoms with Crippen LogP contribution in [0.1, 0.15) is 10.9 Å². The van der Waals surface area contributed by atoms with E-state index >= 15 is 0 Å². The normalized spacial score (nSPS) is 17.0. The number of aromatic nitrogens is 3. The Balaban J connectivity index is 1.63. The van der Waals surface area contributed by atoms with Crippen molar-refractivity contribution in [2.45, 2.75) is 10.5 Å². The maximum absolute atomic E-state index is 11.0. The highest BCUT2D eigenvalue weighted by molar-refractivity contribution is 7.99. The summed E-state index contributed by atoms with van der Waals surface area (Å²) < 4.78 is 7.25. The second-order valence-corrected chi connectivity index (χ2v) is 6.47. The molecule has 1 aromatic heterocycles. The molecule has 2 aromatic carbocycles. The van der Waals surface area contributed by atoms with E-state index in [0.717, 1.165) is 22.0 Å². The fourth-order valence-electron chi connectivity index (χ4n) is 2.68. The number of fused-ring (bicyclic) bond motifs is 1. The zero-order valence-corrected chi connectivity index (χ0v) is 14.0. The number of nitrogens with zero attached hydrogens (tertiary/aromatic N) is 3. The third-order valence-corrected chi connectivity index (χ3v) is 4.98. The molecular formula is C16H15N5O3S. The summed E-state index contributed by atoms with van der Waals surface area (Å²) in [7, 11) is 1.65. The molecular weight excluding hydrogens is 342 g/mol. The molecule has 4 rings (SSSR count). The van der Waals surface area contributed by atoms with Crippen molar-refractivity contribution in [1.29, 1.82) is 0 Å². The summed E-state index contributed by atoms with van der Waals surface area (Å²) in [6.45, 7) is 0. The van der Waals surface area contributed by atoms with Gasteiger partial charge in [0.25, 0.3) is 0 Å². The molecule has 0 bridgehead atoms.